The molecule has 0 saturated carbocycles. The highest BCUT2D eigenvalue weighted by Crippen LogP contribution is 2.33. The van der Waals surface area contributed by atoms with Crippen LogP contribution in [0.15, 0.2) is 0 Å². The van der Waals surface area contributed by atoms with Crippen molar-refractivity contribution in [3.8, 4) is 0 Å². The summed E-state index contributed by atoms with van der Waals surface area (Å²) in [5.74, 6) is 0.710. The molecule has 0 unspecified atom stereocenters. The van der Waals surface area contributed by atoms with Crippen LogP contribution in [0.5, 0.6) is 0 Å². The highest BCUT2D eigenvalue weighted by Gasteiger charge is 2.09. The van der Waals surface area contributed by atoms with Crippen molar-refractivity contribution >= 4 is 21.6 Å². The molecule has 0 aliphatic rings. The summed E-state index contributed by atoms with van der Waals surface area (Å²) >= 11 is 0. The first-order chi connectivity index (χ1) is 3.56. The fourth-order valence-corrected chi connectivity index (χ4v) is 1.90. The first kappa shape index (κ1) is 8.66. The zero-order valence-electron chi connectivity index (χ0n) is 5.60. The van der Waals surface area contributed by atoms with Crippen LogP contribution in [0.2, 0.25) is 0 Å². The van der Waals surface area contributed by atoms with Gasteiger partial charge in [0.2, 0.25) is 0 Å². The molecule has 1 nitrogen and oxygen atoms in total. The van der Waals surface area contributed by atoms with Crippen molar-refractivity contribution < 1.29 is 0 Å². The zero-order valence-corrected chi connectivity index (χ0v) is 7.23. The van der Waals surface area contributed by atoms with Gasteiger partial charge in [-0.2, -0.15) is 0 Å². The normalized spacial score (nSPS) is 12.0. The number of rotatable bonds is 2. The van der Waals surface area contributed by atoms with E-state index in [9.17, 15) is 0 Å². The zero-order chi connectivity index (χ0) is 6.62. The molecule has 0 spiro atoms. The molecular formula is C5H13NS2. The van der Waals surface area contributed by atoms with Gasteiger partial charge in [0, 0.05) is 10.6 Å². The Kier molecular flexibility index (Phi) is 3.94. The Morgan fingerprint density at radius 1 is 1.38 bits per heavy atom. The second-order valence-electron chi connectivity index (χ2n) is 2.48. The van der Waals surface area contributed by atoms with Crippen LogP contribution in [-0.4, -0.2) is 10.6 Å². The van der Waals surface area contributed by atoms with Gasteiger partial charge in [-0.1, -0.05) is 42.4 Å². The standard InChI is InChI=1S/C5H13NS2/c1-5(2,3)8-7-4-6/h4,6H2,1-3H3. The summed E-state index contributed by atoms with van der Waals surface area (Å²) in [6, 6.07) is 0. The SMILES string of the molecule is CC(C)(C)SSCN. The molecule has 0 aromatic heterocycles. The van der Waals surface area contributed by atoms with Gasteiger partial charge in [-0.3, -0.25) is 0 Å². The van der Waals surface area contributed by atoms with Gasteiger partial charge >= 0.3 is 0 Å². The van der Waals surface area contributed by atoms with Gasteiger partial charge in [-0.05, 0) is 0 Å². The third-order valence-electron chi connectivity index (χ3n) is 0.377. The van der Waals surface area contributed by atoms with Crippen molar-refractivity contribution in [2.45, 2.75) is 25.5 Å². The number of hydrogen-bond acceptors (Lipinski definition) is 3. The van der Waals surface area contributed by atoms with Crippen molar-refractivity contribution in [2.75, 3.05) is 5.88 Å². The Hall–Kier alpha value is 0.660. The average Bonchev–Trinajstić information content (AvgIpc) is 1.59. The predicted molar refractivity (Wildman–Crippen MR) is 44.0 cm³/mol. The van der Waals surface area contributed by atoms with Crippen molar-refractivity contribution in [3.63, 3.8) is 0 Å². The first-order valence-electron chi connectivity index (χ1n) is 2.57. The molecule has 8 heavy (non-hydrogen) atoms. The van der Waals surface area contributed by atoms with Gasteiger partial charge in [0.15, 0.2) is 0 Å². The van der Waals surface area contributed by atoms with E-state index < -0.39 is 0 Å². The minimum absolute atomic E-state index is 0.351. The molecule has 3 heteroatoms. The van der Waals surface area contributed by atoms with Crippen LogP contribution in [-0.2, 0) is 0 Å². The van der Waals surface area contributed by atoms with E-state index in [1.807, 2.05) is 10.8 Å². The summed E-state index contributed by atoms with van der Waals surface area (Å²) in [5.41, 5.74) is 5.28. The fraction of sp³-hybridized carbons (Fsp3) is 1.00. The van der Waals surface area contributed by atoms with E-state index >= 15 is 0 Å². The van der Waals surface area contributed by atoms with Gasteiger partial charge in [-0.25, -0.2) is 0 Å². The van der Waals surface area contributed by atoms with Crippen LogP contribution in [0.3, 0.4) is 0 Å². The van der Waals surface area contributed by atoms with Crippen LogP contribution in [0, 0.1) is 0 Å². The summed E-state index contributed by atoms with van der Waals surface area (Å²) in [5, 5.41) is 0. The van der Waals surface area contributed by atoms with Gasteiger partial charge < -0.3 is 5.73 Å². The van der Waals surface area contributed by atoms with Crippen molar-refractivity contribution in [1.82, 2.24) is 0 Å². The molecule has 0 amide bonds. The lowest BCUT2D eigenvalue weighted by atomic mass is 10.3. The summed E-state index contributed by atoms with van der Waals surface area (Å²) in [4.78, 5) is 0. The molecule has 0 aromatic rings. The summed E-state index contributed by atoms with van der Waals surface area (Å²) in [7, 11) is 3.53. The molecule has 0 atom stereocenters. The maximum absolute atomic E-state index is 5.28. The Bertz CT molecular complexity index is 57.9. The molecule has 0 saturated heterocycles. The third-order valence-corrected chi connectivity index (χ3v) is 3.39. The van der Waals surface area contributed by atoms with E-state index in [0.717, 1.165) is 0 Å². The van der Waals surface area contributed by atoms with Crippen molar-refractivity contribution in [2.24, 2.45) is 5.73 Å². The van der Waals surface area contributed by atoms with Crippen LogP contribution in [0.25, 0.3) is 0 Å². The molecule has 0 heterocycles. The molecule has 2 N–H and O–H groups in total. The molecule has 50 valence electrons. The highest BCUT2D eigenvalue weighted by molar-refractivity contribution is 8.77. The lowest BCUT2D eigenvalue weighted by Gasteiger charge is -2.14. The predicted octanol–water partition coefficient (Wildman–Crippen LogP) is 2.08. The van der Waals surface area contributed by atoms with E-state index in [1.54, 1.807) is 10.8 Å². The largest absolute Gasteiger partial charge is 0.321 e. The summed E-state index contributed by atoms with van der Waals surface area (Å²) < 4.78 is 0.351. The van der Waals surface area contributed by atoms with Crippen molar-refractivity contribution in [3.05, 3.63) is 0 Å². The van der Waals surface area contributed by atoms with Crippen LogP contribution in [0.1, 0.15) is 20.8 Å². The van der Waals surface area contributed by atoms with Gasteiger partial charge in [-0.15, -0.1) is 0 Å². The van der Waals surface area contributed by atoms with E-state index in [-0.39, 0.29) is 0 Å². The van der Waals surface area contributed by atoms with Gasteiger partial charge in [0.25, 0.3) is 0 Å². The van der Waals surface area contributed by atoms with Crippen LogP contribution in [0.4, 0.5) is 0 Å². The van der Waals surface area contributed by atoms with Crippen LogP contribution < -0.4 is 5.73 Å². The minimum atomic E-state index is 0.351. The first-order valence-corrected chi connectivity index (χ1v) is 4.89. The van der Waals surface area contributed by atoms with Gasteiger partial charge in [0.1, 0.15) is 0 Å². The molecule has 0 aliphatic heterocycles. The molecule has 0 bridgehead atoms. The van der Waals surface area contributed by atoms with Crippen LogP contribution >= 0.6 is 21.6 Å². The number of hydrogen-bond donors (Lipinski definition) is 1. The van der Waals surface area contributed by atoms with E-state index in [2.05, 4.69) is 20.8 Å². The fourth-order valence-electron chi connectivity index (χ4n) is 0.211. The maximum atomic E-state index is 5.28. The van der Waals surface area contributed by atoms with E-state index in [4.69, 9.17) is 5.73 Å². The lowest BCUT2D eigenvalue weighted by molar-refractivity contribution is 0.810. The third kappa shape index (κ3) is 6.66. The van der Waals surface area contributed by atoms with Crippen molar-refractivity contribution in [1.29, 1.82) is 0 Å². The molecule has 0 aromatic carbocycles. The maximum Gasteiger partial charge on any atom is 0.0498 e. The topological polar surface area (TPSA) is 26.0 Å². The average molecular weight is 151 g/mol. The highest BCUT2D eigenvalue weighted by atomic mass is 33.1. The lowest BCUT2D eigenvalue weighted by Crippen LogP contribution is -2.05. The summed E-state index contributed by atoms with van der Waals surface area (Å²) in [6.45, 7) is 6.54. The summed E-state index contributed by atoms with van der Waals surface area (Å²) in [6.07, 6.45) is 0. The quantitative estimate of drug-likeness (QED) is 0.483. The Morgan fingerprint density at radius 2 is 1.88 bits per heavy atom. The monoisotopic (exact) mass is 151 g/mol. The molecule has 0 fully saturated rings. The molecule has 0 rings (SSSR count). The second-order valence-corrected chi connectivity index (χ2v) is 5.65. The minimum Gasteiger partial charge on any atom is -0.321 e. The molecular weight excluding hydrogens is 138 g/mol. The molecule has 0 aliphatic carbocycles. The van der Waals surface area contributed by atoms with Gasteiger partial charge in [0.05, 0.1) is 0 Å². The smallest absolute Gasteiger partial charge is 0.0498 e. The molecule has 0 radical (unpaired) electrons. The Morgan fingerprint density at radius 3 is 2.00 bits per heavy atom. The Labute approximate surface area is 59.2 Å². The number of nitrogens with two attached hydrogens (primary N) is 1. The van der Waals surface area contributed by atoms with E-state index in [0.29, 0.717) is 10.6 Å². The van der Waals surface area contributed by atoms with E-state index in [1.165, 1.54) is 0 Å². The Balaban J connectivity index is 3.11. The second kappa shape index (κ2) is 3.64.